The molecule has 0 spiro atoms. The van der Waals surface area contributed by atoms with Crippen LogP contribution >= 0.6 is 0 Å². The highest BCUT2D eigenvalue weighted by Crippen LogP contribution is 2.59. The molecule has 0 radical (unpaired) electrons. The summed E-state index contributed by atoms with van der Waals surface area (Å²) in [5.41, 5.74) is 28.9. The summed E-state index contributed by atoms with van der Waals surface area (Å²) in [5, 5.41) is 2.58. The van der Waals surface area contributed by atoms with Crippen LogP contribution in [0, 0.1) is 55.4 Å². The average molecular weight is 806 g/mol. The van der Waals surface area contributed by atoms with Gasteiger partial charge < -0.3 is 4.90 Å². The predicted octanol–water partition coefficient (Wildman–Crippen LogP) is 16.6. The van der Waals surface area contributed by atoms with Crippen LogP contribution in [0.2, 0.25) is 0 Å². The molecule has 62 heavy (non-hydrogen) atoms. The molecule has 2 aliphatic carbocycles. The number of rotatable bonds is 6. The molecular formula is C61H59N. The highest BCUT2D eigenvalue weighted by atomic mass is 15.1. The summed E-state index contributed by atoms with van der Waals surface area (Å²) in [6.07, 6.45) is 0. The molecule has 308 valence electrons. The fraction of sp³-hybridized carbons (Fsp3) is 0.246. The lowest BCUT2D eigenvalue weighted by Gasteiger charge is -2.32. The van der Waals surface area contributed by atoms with Crippen molar-refractivity contribution in [3.63, 3.8) is 0 Å². The van der Waals surface area contributed by atoms with E-state index in [-0.39, 0.29) is 16.7 Å². The van der Waals surface area contributed by atoms with Gasteiger partial charge in [-0.25, -0.2) is 0 Å². The highest BCUT2D eigenvalue weighted by molar-refractivity contribution is 6.10. The second-order valence-corrected chi connectivity index (χ2v) is 19.9. The Morgan fingerprint density at radius 2 is 0.839 bits per heavy atom. The van der Waals surface area contributed by atoms with E-state index in [1.807, 2.05) is 0 Å². The third-order valence-electron chi connectivity index (χ3n) is 14.7. The fourth-order valence-corrected chi connectivity index (χ4v) is 11.5. The lowest BCUT2D eigenvalue weighted by molar-refractivity contribution is 0.651. The Balaban J connectivity index is 1.16. The molecule has 10 rings (SSSR count). The highest BCUT2D eigenvalue weighted by Gasteiger charge is 2.43. The van der Waals surface area contributed by atoms with Gasteiger partial charge in [-0.3, -0.25) is 0 Å². The van der Waals surface area contributed by atoms with Crippen LogP contribution < -0.4 is 4.90 Å². The van der Waals surface area contributed by atoms with E-state index in [9.17, 15) is 0 Å². The van der Waals surface area contributed by atoms with Crippen LogP contribution in [-0.4, -0.2) is 0 Å². The van der Waals surface area contributed by atoms with E-state index in [4.69, 9.17) is 0 Å². The number of hydrogen-bond acceptors (Lipinski definition) is 1. The van der Waals surface area contributed by atoms with Crippen molar-refractivity contribution in [2.75, 3.05) is 4.90 Å². The lowest BCUT2D eigenvalue weighted by Crippen LogP contribution is -2.18. The number of fused-ring (bicyclic) bond motifs is 8. The first-order valence-corrected chi connectivity index (χ1v) is 22.5. The molecule has 0 fully saturated rings. The largest absolute Gasteiger partial charge is 0.309 e. The molecule has 0 saturated heterocycles. The van der Waals surface area contributed by atoms with E-state index in [0.29, 0.717) is 0 Å². The Morgan fingerprint density at radius 1 is 0.371 bits per heavy atom. The summed E-state index contributed by atoms with van der Waals surface area (Å²) in [6, 6.07) is 52.0. The molecule has 0 N–H and O–H groups in total. The van der Waals surface area contributed by atoms with E-state index in [0.717, 1.165) is 0 Å². The molecule has 0 heterocycles. The molecule has 0 saturated carbocycles. The van der Waals surface area contributed by atoms with Crippen LogP contribution in [0.4, 0.5) is 17.1 Å². The van der Waals surface area contributed by atoms with Gasteiger partial charge >= 0.3 is 0 Å². The standard InChI is InChI=1S/C61H59N/c1-35-17-22-44(39(5)27-35)58(45-23-18-36(2)28-40(45)6)43-21-24-46-49-32-53-50(33-52(49)60(9,10)51(46)31-43)59-48-16-14-13-15-47(48)57(34-54(59)61(53,11)12)62(55-25-19-37(3)29-41(55)7)56-26-20-38(4)30-42(56)8/h13-34,58H,1-12H3. The predicted molar refractivity (Wildman–Crippen MR) is 265 cm³/mol. The van der Waals surface area contributed by atoms with E-state index < -0.39 is 0 Å². The first-order valence-electron chi connectivity index (χ1n) is 22.5. The van der Waals surface area contributed by atoms with Crippen LogP contribution in [0.3, 0.4) is 0 Å². The maximum atomic E-state index is 2.59. The smallest absolute Gasteiger partial charge is 0.0543 e. The minimum Gasteiger partial charge on any atom is -0.309 e. The van der Waals surface area contributed by atoms with Gasteiger partial charge in [0, 0.05) is 33.5 Å². The minimum absolute atomic E-state index is 0.143. The molecule has 8 aromatic rings. The molecular weight excluding hydrogens is 747 g/mol. The van der Waals surface area contributed by atoms with Gasteiger partial charge in [-0.05, 0) is 175 Å². The zero-order valence-electron chi connectivity index (χ0n) is 38.7. The van der Waals surface area contributed by atoms with Crippen LogP contribution in [0.5, 0.6) is 0 Å². The van der Waals surface area contributed by atoms with Gasteiger partial charge in [-0.2, -0.15) is 0 Å². The van der Waals surface area contributed by atoms with Gasteiger partial charge in [-0.15, -0.1) is 0 Å². The Morgan fingerprint density at radius 3 is 1.39 bits per heavy atom. The summed E-state index contributed by atoms with van der Waals surface area (Å²) in [6.45, 7) is 27.6. The fourth-order valence-electron chi connectivity index (χ4n) is 11.5. The first kappa shape index (κ1) is 39.9. The SMILES string of the molecule is Cc1ccc(C(c2ccc3c(c2)C(C)(C)c2cc4c(cc2-3)C(C)(C)c2cc(N(c3ccc(C)cc3C)c3ccc(C)cc3C)c3ccccc3c2-4)c2ccc(C)cc2C)c(C)c1. The molecule has 0 aliphatic heterocycles. The number of anilines is 3. The normalized spacial score (nSPS) is 14.2. The number of aryl methyl sites for hydroxylation is 8. The zero-order chi connectivity index (χ0) is 43.6. The van der Waals surface area contributed by atoms with Crippen LogP contribution in [0.15, 0.2) is 133 Å². The maximum absolute atomic E-state index is 2.59. The van der Waals surface area contributed by atoms with Crippen molar-refractivity contribution in [3.8, 4) is 22.3 Å². The molecule has 0 unspecified atom stereocenters. The molecule has 0 atom stereocenters. The summed E-state index contributed by atoms with van der Waals surface area (Å²) in [4.78, 5) is 2.53. The van der Waals surface area contributed by atoms with Crippen molar-refractivity contribution in [1.82, 2.24) is 0 Å². The van der Waals surface area contributed by atoms with Crippen molar-refractivity contribution in [3.05, 3.63) is 217 Å². The molecule has 8 aromatic carbocycles. The van der Waals surface area contributed by atoms with Crippen molar-refractivity contribution < 1.29 is 0 Å². The second-order valence-electron chi connectivity index (χ2n) is 19.9. The Labute approximate surface area is 370 Å². The van der Waals surface area contributed by atoms with E-state index in [2.05, 4.69) is 221 Å². The van der Waals surface area contributed by atoms with Crippen LogP contribution in [0.1, 0.15) is 117 Å². The van der Waals surface area contributed by atoms with E-state index in [1.54, 1.807) is 0 Å². The summed E-state index contributed by atoms with van der Waals surface area (Å²) in [5.74, 6) is 0.143. The number of hydrogen-bond donors (Lipinski definition) is 0. The van der Waals surface area contributed by atoms with Crippen LogP contribution in [-0.2, 0) is 10.8 Å². The van der Waals surface area contributed by atoms with Gasteiger partial charge in [-0.1, -0.05) is 153 Å². The monoisotopic (exact) mass is 805 g/mol. The zero-order valence-corrected chi connectivity index (χ0v) is 38.7. The number of benzene rings is 8. The van der Waals surface area contributed by atoms with Gasteiger partial charge in [0.25, 0.3) is 0 Å². The summed E-state index contributed by atoms with van der Waals surface area (Å²) >= 11 is 0. The molecule has 1 nitrogen and oxygen atoms in total. The van der Waals surface area contributed by atoms with Crippen molar-refractivity contribution in [1.29, 1.82) is 0 Å². The van der Waals surface area contributed by atoms with Crippen molar-refractivity contribution in [2.24, 2.45) is 0 Å². The van der Waals surface area contributed by atoms with Crippen LogP contribution in [0.25, 0.3) is 33.0 Å². The average Bonchev–Trinajstić information content (AvgIpc) is 3.58. The van der Waals surface area contributed by atoms with E-state index >= 15 is 0 Å². The third kappa shape index (κ3) is 6.03. The molecule has 0 aromatic heterocycles. The second kappa shape index (κ2) is 14.2. The lowest BCUT2D eigenvalue weighted by atomic mass is 9.77. The van der Waals surface area contributed by atoms with Crippen molar-refractivity contribution in [2.45, 2.75) is 99.8 Å². The number of nitrogens with zero attached hydrogens (tertiary/aromatic N) is 1. The first-order chi connectivity index (χ1) is 29.5. The third-order valence-corrected chi connectivity index (χ3v) is 14.7. The van der Waals surface area contributed by atoms with Crippen molar-refractivity contribution >= 4 is 27.8 Å². The quantitative estimate of drug-likeness (QED) is 0.151. The molecule has 0 bridgehead atoms. The van der Waals surface area contributed by atoms with E-state index in [1.165, 1.54) is 134 Å². The maximum Gasteiger partial charge on any atom is 0.0543 e. The Bertz CT molecular complexity index is 3070. The van der Waals surface area contributed by atoms with Gasteiger partial charge in [0.1, 0.15) is 0 Å². The topological polar surface area (TPSA) is 3.24 Å². The molecule has 1 heteroatoms. The summed E-state index contributed by atoms with van der Waals surface area (Å²) in [7, 11) is 0. The van der Waals surface area contributed by atoms with Gasteiger partial charge in [0.15, 0.2) is 0 Å². The van der Waals surface area contributed by atoms with Gasteiger partial charge in [0.2, 0.25) is 0 Å². The minimum atomic E-state index is -0.224. The van der Waals surface area contributed by atoms with Gasteiger partial charge in [0.05, 0.1) is 5.69 Å². The Hall–Kier alpha value is -6.18. The molecule has 0 amide bonds. The Kier molecular flexibility index (Phi) is 9.13. The summed E-state index contributed by atoms with van der Waals surface area (Å²) < 4.78 is 0. The molecule has 2 aliphatic rings.